The molecule has 3 heterocycles. The summed E-state index contributed by atoms with van der Waals surface area (Å²) in [7, 11) is 3.31. The zero-order valence-electron chi connectivity index (χ0n) is 16.9. The van der Waals surface area contributed by atoms with Gasteiger partial charge in [-0.1, -0.05) is 23.7 Å². The average molecular weight is 424 g/mol. The summed E-state index contributed by atoms with van der Waals surface area (Å²) in [5.41, 5.74) is 2.86. The largest absolute Gasteiger partial charge is 0.497 e. The SMILES string of the molecule is COc1ccc(CN2CCN(c3c(C#N)c(=O)n(C)c4ccc(Cl)nc34)CC2)cc1. The molecule has 1 aliphatic heterocycles. The van der Waals surface area contributed by atoms with Gasteiger partial charge in [-0.25, -0.2) is 4.98 Å². The highest BCUT2D eigenvalue weighted by molar-refractivity contribution is 6.29. The van der Waals surface area contributed by atoms with Gasteiger partial charge in [-0.3, -0.25) is 9.69 Å². The molecule has 1 saturated heterocycles. The number of hydrogen-bond donors (Lipinski definition) is 0. The molecule has 0 N–H and O–H groups in total. The van der Waals surface area contributed by atoms with Crippen molar-refractivity contribution in [1.29, 1.82) is 5.26 Å². The van der Waals surface area contributed by atoms with Gasteiger partial charge in [-0.05, 0) is 29.8 Å². The standard InChI is InChI=1S/C22H22ClN5O2/c1-26-18-7-8-19(23)25-20(18)21(17(13-24)22(26)29)28-11-9-27(10-12-28)14-15-3-5-16(30-2)6-4-15/h3-8H,9-12,14H2,1-2H3. The zero-order valence-corrected chi connectivity index (χ0v) is 17.7. The molecule has 3 aromatic rings. The van der Waals surface area contributed by atoms with Gasteiger partial charge < -0.3 is 14.2 Å². The third-order valence-corrected chi connectivity index (χ3v) is 5.76. The van der Waals surface area contributed by atoms with Crippen LogP contribution in [0.15, 0.2) is 41.2 Å². The Morgan fingerprint density at radius 2 is 1.83 bits per heavy atom. The highest BCUT2D eigenvalue weighted by Gasteiger charge is 2.25. The Morgan fingerprint density at radius 3 is 2.47 bits per heavy atom. The van der Waals surface area contributed by atoms with Gasteiger partial charge in [0, 0.05) is 39.8 Å². The van der Waals surface area contributed by atoms with Crippen LogP contribution in [0.1, 0.15) is 11.1 Å². The summed E-state index contributed by atoms with van der Waals surface area (Å²) in [6.07, 6.45) is 0. The number of benzene rings is 1. The van der Waals surface area contributed by atoms with Gasteiger partial charge in [-0.15, -0.1) is 0 Å². The summed E-state index contributed by atoms with van der Waals surface area (Å²) in [5, 5.41) is 10.0. The van der Waals surface area contributed by atoms with Crippen molar-refractivity contribution in [1.82, 2.24) is 14.5 Å². The maximum atomic E-state index is 12.8. The predicted molar refractivity (Wildman–Crippen MR) is 117 cm³/mol. The minimum absolute atomic E-state index is 0.114. The lowest BCUT2D eigenvalue weighted by Crippen LogP contribution is -2.47. The van der Waals surface area contributed by atoms with Gasteiger partial charge in [0.1, 0.15) is 28.1 Å². The van der Waals surface area contributed by atoms with Crippen molar-refractivity contribution in [2.24, 2.45) is 7.05 Å². The second-order valence-electron chi connectivity index (χ2n) is 7.31. The number of halogens is 1. The van der Waals surface area contributed by atoms with Crippen LogP contribution in [0.25, 0.3) is 11.0 Å². The Kier molecular flexibility index (Phi) is 5.62. The van der Waals surface area contributed by atoms with Crippen molar-refractivity contribution in [2.45, 2.75) is 6.54 Å². The molecule has 0 atom stereocenters. The minimum Gasteiger partial charge on any atom is -0.497 e. The first-order chi connectivity index (χ1) is 14.5. The van der Waals surface area contributed by atoms with Crippen molar-refractivity contribution in [2.75, 3.05) is 38.2 Å². The lowest BCUT2D eigenvalue weighted by Gasteiger charge is -2.36. The predicted octanol–water partition coefficient (Wildman–Crippen LogP) is 2.79. The van der Waals surface area contributed by atoms with E-state index in [1.807, 2.05) is 12.1 Å². The van der Waals surface area contributed by atoms with Gasteiger partial charge in [0.2, 0.25) is 0 Å². The van der Waals surface area contributed by atoms with Crippen molar-refractivity contribution < 1.29 is 4.74 Å². The van der Waals surface area contributed by atoms with Gasteiger partial charge in [0.25, 0.3) is 5.56 Å². The molecule has 154 valence electrons. The van der Waals surface area contributed by atoms with E-state index in [0.717, 1.165) is 25.4 Å². The number of nitriles is 1. The molecule has 1 fully saturated rings. The van der Waals surface area contributed by atoms with Gasteiger partial charge in [-0.2, -0.15) is 5.26 Å². The third kappa shape index (κ3) is 3.72. The molecule has 0 aliphatic carbocycles. The second-order valence-corrected chi connectivity index (χ2v) is 7.70. The quantitative estimate of drug-likeness (QED) is 0.601. The smallest absolute Gasteiger partial charge is 0.270 e. The maximum Gasteiger partial charge on any atom is 0.270 e. The lowest BCUT2D eigenvalue weighted by molar-refractivity contribution is 0.250. The number of piperazine rings is 1. The average Bonchev–Trinajstić information content (AvgIpc) is 2.77. The summed E-state index contributed by atoms with van der Waals surface area (Å²) in [5.74, 6) is 0.844. The third-order valence-electron chi connectivity index (χ3n) is 5.55. The summed E-state index contributed by atoms with van der Waals surface area (Å²) >= 11 is 6.14. The number of nitrogens with zero attached hydrogens (tertiary/aromatic N) is 5. The van der Waals surface area contributed by atoms with E-state index in [4.69, 9.17) is 16.3 Å². The van der Waals surface area contributed by atoms with E-state index in [1.165, 1.54) is 10.1 Å². The molecule has 0 spiro atoms. The number of anilines is 1. The molecule has 4 rings (SSSR count). The Bertz CT molecular complexity index is 1180. The summed E-state index contributed by atoms with van der Waals surface area (Å²) in [6.45, 7) is 3.86. The number of ether oxygens (including phenoxy) is 1. The first-order valence-electron chi connectivity index (χ1n) is 9.71. The van der Waals surface area contributed by atoms with E-state index in [9.17, 15) is 10.1 Å². The molecule has 0 bridgehead atoms. The summed E-state index contributed by atoms with van der Waals surface area (Å²) in [4.78, 5) is 21.6. The number of hydrogen-bond acceptors (Lipinski definition) is 6. The zero-order chi connectivity index (χ0) is 21.3. The molecule has 1 aliphatic rings. The first-order valence-corrected chi connectivity index (χ1v) is 10.1. The topological polar surface area (TPSA) is 74.4 Å². The number of aromatic nitrogens is 2. The van der Waals surface area contributed by atoms with Crippen LogP contribution in [-0.2, 0) is 13.6 Å². The molecule has 30 heavy (non-hydrogen) atoms. The fourth-order valence-electron chi connectivity index (χ4n) is 3.90. The molecule has 0 unspecified atom stereocenters. The molecular formula is C22H22ClN5O2. The molecular weight excluding hydrogens is 402 g/mol. The number of rotatable bonds is 4. The fourth-order valence-corrected chi connectivity index (χ4v) is 4.04. The van der Waals surface area contributed by atoms with E-state index >= 15 is 0 Å². The van der Waals surface area contributed by atoms with Crippen molar-refractivity contribution in [3.05, 3.63) is 63.0 Å². The Hall–Kier alpha value is -3.08. The molecule has 0 amide bonds. The van der Waals surface area contributed by atoms with Crippen molar-refractivity contribution in [3.63, 3.8) is 0 Å². The monoisotopic (exact) mass is 423 g/mol. The van der Waals surface area contributed by atoms with Crippen LogP contribution in [0.4, 0.5) is 5.69 Å². The van der Waals surface area contributed by atoms with Crippen LogP contribution < -0.4 is 15.2 Å². The molecule has 2 aromatic heterocycles. The maximum absolute atomic E-state index is 12.8. The normalized spacial score (nSPS) is 14.7. The van der Waals surface area contributed by atoms with E-state index in [0.29, 0.717) is 35.0 Å². The molecule has 0 saturated carbocycles. The Labute approximate surface area is 179 Å². The van der Waals surface area contributed by atoms with Gasteiger partial charge in [0.05, 0.1) is 18.3 Å². The van der Waals surface area contributed by atoms with Crippen LogP contribution in [-0.4, -0.2) is 47.7 Å². The molecule has 7 nitrogen and oxygen atoms in total. The van der Waals surface area contributed by atoms with Crippen LogP contribution in [0.3, 0.4) is 0 Å². The molecule has 8 heteroatoms. The van der Waals surface area contributed by atoms with Crippen LogP contribution in [0, 0.1) is 11.3 Å². The molecule has 1 aromatic carbocycles. The van der Waals surface area contributed by atoms with Crippen LogP contribution in [0.2, 0.25) is 5.15 Å². The summed E-state index contributed by atoms with van der Waals surface area (Å²) in [6, 6.07) is 13.6. The van der Waals surface area contributed by atoms with Crippen LogP contribution >= 0.6 is 11.6 Å². The first kappa shape index (κ1) is 20.2. The van der Waals surface area contributed by atoms with E-state index in [1.54, 1.807) is 26.3 Å². The molecule has 0 radical (unpaired) electrons. The summed E-state index contributed by atoms with van der Waals surface area (Å²) < 4.78 is 6.68. The highest BCUT2D eigenvalue weighted by Crippen LogP contribution is 2.29. The Balaban J connectivity index is 1.60. The van der Waals surface area contributed by atoms with Gasteiger partial charge in [0.15, 0.2) is 0 Å². The van der Waals surface area contributed by atoms with Gasteiger partial charge >= 0.3 is 0 Å². The number of fused-ring (bicyclic) bond motifs is 1. The number of aryl methyl sites for hydroxylation is 1. The Morgan fingerprint density at radius 1 is 1.13 bits per heavy atom. The van der Waals surface area contributed by atoms with E-state index in [2.05, 4.69) is 33.0 Å². The van der Waals surface area contributed by atoms with E-state index in [-0.39, 0.29) is 11.1 Å². The highest BCUT2D eigenvalue weighted by atomic mass is 35.5. The van der Waals surface area contributed by atoms with Crippen LogP contribution in [0.5, 0.6) is 5.75 Å². The number of pyridine rings is 2. The van der Waals surface area contributed by atoms with Crippen molar-refractivity contribution >= 4 is 28.3 Å². The van der Waals surface area contributed by atoms with E-state index < -0.39 is 0 Å². The minimum atomic E-state index is -0.315. The second kappa shape index (κ2) is 8.34. The fraction of sp³-hybridized carbons (Fsp3) is 0.318. The lowest BCUT2D eigenvalue weighted by atomic mass is 10.1. The number of methoxy groups -OCH3 is 1. The van der Waals surface area contributed by atoms with Crippen molar-refractivity contribution in [3.8, 4) is 11.8 Å².